The topological polar surface area (TPSA) is 84.9 Å². The highest BCUT2D eigenvalue weighted by Crippen LogP contribution is 2.35. The maximum atomic E-state index is 13.5. The van der Waals surface area contributed by atoms with Gasteiger partial charge in [-0.25, -0.2) is 8.42 Å². The molecule has 0 saturated heterocycles. The minimum Gasteiger partial charge on any atom is -0.497 e. The molecule has 0 aliphatic carbocycles. The van der Waals surface area contributed by atoms with Crippen molar-refractivity contribution in [2.45, 2.75) is 10.6 Å². The molecule has 0 saturated carbocycles. The predicted molar refractivity (Wildman–Crippen MR) is 141 cm³/mol. The Balaban J connectivity index is 1.72. The number of ether oxygens (including phenoxy) is 2. The number of benzene rings is 3. The summed E-state index contributed by atoms with van der Waals surface area (Å²) in [5.41, 5.74) is 1.35. The van der Waals surface area contributed by atoms with Crippen LogP contribution in [0.1, 0.15) is 5.56 Å². The molecule has 186 valence electrons. The number of hydrogen-bond donors (Lipinski definition) is 1. The summed E-state index contributed by atoms with van der Waals surface area (Å²) >= 11 is 7.56. The van der Waals surface area contributed by atoms with Gasteiger partial charge in [-0.15, -0.1) is 0 Å². The first-order valence-corrected chi connectivity index (χ1v) is 13.7. The Hall–Kier alpha value is -2.88. The molecule has 0 fully saturated rings. The van der Waals surface area contributed by atoms with Gasteiger partial charge in [0.1, 0.15) is 18.0 Å². The van der Waals surface area contributed by atoms with Crippen LogP contribution in [-0.2, 0) is 20.6 Å². The molecule has 0 aliphatic rings. The number of carbonyl (C=O) groups excluding carboxylic acids is 1. The number of nitrogens with zero attached hydrogens (tertiary/aromatic N) is 1. The number of hydrogen-bond acceptors (Lipinski definition) is 6. The number of methoxy groups -OCH3 is 2. The molecule has 0 heterocycles. The van der Waals surface area contributed by atoms with E-state index in [9.17, 15) is 13.2 Å². The summed E-state index contributed by atoms with van der Waals surface area (Å²) in [4.78, 5) is 12.9. The van der Waals surface area contributed by atoms with Gasteiger partial charge in [0, 0.05) is 29.1 Å². The summed E-state index contributed by atoms with van der Waals surface area (Å²) in [6.07, 6.45) is 0. The summed E-state index contributed by atoms with van der Waals surface area (Å²) in [7, 11) is -1.14. The first kappa shape index (κ1) is 26.7. The smallest absolute Gasteiger partial charge is 0.264 e. The Morgan fingerprint density at radius 1 is 1.00 bits per heavy atom. The van der Waals surface area contributed by atoms with E-state index >= 15 is 0 Å². The standard InChI is InChI=1S/C25H27ClN2O5S2/c1-32-21-12-13-24(33-2)23(16-21)28(35(30,31)22-6-4-3-5-7-22)17-25(29)27-14-15-34-18-19-8-10-20(26)11-9-19/h3-13,16H,14-15,17-18H2,1-2H3,(H,27,29). The van der Waals surface area contributed by atoms with Gasteiger partial charge < -0.3 is 14.8 Å². The second-order valence-electron chi connectivity index (χ2n) is 7.39. The van der Waals surface area contributed by atoms with Crippen LogP contribution in [0.2, 0.25) is 5.02 Å². The molecule has 1 N–H and O–H groups in total. The summed E-state index contributed by atoms with van der Waals surface area (Å²) < 4.78 is 38.8. The summed E-state index contributed by atoms with van der Waals surface area (Å²) in [5, 5.41) is 3.50. The van der Waals surface area contributed by atoms with E-state index in [0.29, 0.717) is 28.8 Å². The SMILES string of the molecule is COc1ccc(OC)c(N(CC(=O)NCCSCc2ccc(Cl)cc2)S(=O)(=O)c2ccccc2)c1. The third-order valence-electron chi connectivity index (χ3n) is 5.02. The molecular weight excluding hydrogens is 508 g/mol. The zero-order valence-electron chi connectivity index (χ0n) is 19.4. The lowest BCUT2D eigenvalue weighted by Gasteiger charge is -2.26. The van der Waals surface area contributed by atoms with Crippen LogP contribution in [0.15, 0.2) is 77.7 Å². The fourth-order valence-corrected chi connectivity index (χ4v) is 5.62. The van der Waals surface area contributed by atoms with E-state index in [1.165, 1.54) is 32.4 Å². The van der Waals surface area contributed by atoms with E-state index < -0.39 is 22.5 Å². The zero-order valence-corrected chi connectivity index (χ0v) is 21.8. The molecule has 0 bridgehead atoms. The first-order chi connectivity index (χ1) is 16.8. The molecule has 35 heavy (non-hydrogen) atoms. The van der Waals surface area contributed by atoms with Crippen molar-refractivity contribution in [3.8, 4) is 11.5 Å². The highest BCUT2D eigenvalue weighted by atomic mass is 35.5. The molecule has 1 amide bonds. The quantitative estimate of drug-likeness (QED) is 0.342. The number of rotatable bonds is 12. The molecular formula is C25H27ClN2O5S2. The molecule has 0 aliphatic heterocycles. The lowest BCUT2D eigenvalue weighted by Crippen LogP contribution is -2.41. The van der Waals surface area contributed by atoms with Gasteiger partial charge in [-0.2, -0.15) is 11.8 Å². The van der Waals surface area contributed by atoms with E-state index in [4.69, 9.17) is 21.1 Å². The van der Waals surface area contributed by atoms with E-state index in [1.807, 2.05) is 24.3 Å². The van der Waals surface area contributed by atoms with Gasteiger partial charge in [-0.1, -0.05) is 41.9 Å². The number of nitrogens with one attached hydrogen (secondary N) is 1. The Morgan fingerprint density at radius 3 is 2.37 bits per heavy atom. The highest BCUT2D eigenvalue weighted by molar-refractivity contribution is 7.98. The van der Waals surface area contributed by atoms with Crippen molar-refractivity contribution in [3.05, 3.63) is 83.4 Å². The van der Waals surface area contributed by atoms with E-state index in [2.05, 4.69) is 5.32 Å². The van der Waals surface area contributed by atoms with Crippen molar-refractivity contribution in [1.29, 1.82) is 0 Å². The fourth-order valence-electron chi connectivity index (χ4n) is 3.23. The molecule has 0 radical (unpaired) electrons. The Morgan fingerprint density at radius 2 is 1.71 bits per heavy atom. The van der Waals surface area contributed by atoms with Crippen LogP contribution in [0.5, 0.6) is 11.5 Å². The van der Waals surface area contributed by atoms with Crippen LogP contribution >= 0.6 is 23.4 Å². The number of amides is 1. The molecule has 0 aromatic heterocycles. The first-order valence-electron chi connectivity index (χ1n) is 10.7. The maximum absolute atomic E-state index is 13.5. The van der Waals surface area contributed by atoms with Gasteiger partial charge in [-0.3, -0.25) is 9.10 Å². The van der Waals surface area contributed by atoms with Crippen LogP contribution in [0.3, 0.4) is 0 Å². The van der Waals surface area contributed by atoms with Gasteiger partial charge in [0.25, 0.3) is 10.0 Å². The third-order valence-corrected chi connectivity index (χ3v) is 8.08. The summed E-state index contributed by atoms with van der Waals surface area (Å²) in [5.74, 6) is 1.76. The molecule has 0 unspecified atom stereocenters. The number of anilines is 1. The minimum atomic E-state index is -4.06. The Labute approximate surface area is 215 Å². The molecule has 10 heteroatoms. The Bertz CT molecular complexity index is 1220. The van der Waals surface area contributed by atoms with Gasteiger partial charge >= 0.3 is 0 Å². The second kappa shape index (κ2) is 12.7. The van der Waals surface area contributed by atoms with Gasteiger partial charge in [-0.05, 0) is 42.0 Å². The number of halogens is 1. The van der Waals surface area contributed by atoms with Crippen molar-refractivity contribution in [2.75, 3.05) is 37.4 Å². The maximum Gasteiger partial charge on any atom is 0.264 e. The third kappa shape index (κ3) is 7.30. The molecule has 3 rings (SSSR count). The molecule has 0 spiro atoms. The lowest BCUT2D eigenvalue weighted by molar-refractivity contribution is -0.119. The molecule has 3 aromatic rings. The average molecular weight is 535 g/mol. The van der Waals surface area contributed by atoms with Crippen molar-refractivity contribution in [2.24, 2.45) is 0 Å². The molecule has 7 nitrogen and oxygen atoms in total. The zero-order chi connectivity index (χ0) is 25.3. The highest BCUT2D eigenvalue weighted by Gasteiger charge is 2.29. The minimum absolute atomic E-state index is 0.0659. The van der Waals surface area contributed by atoms with Gasteiger partial charge in [0.2, 0.25) is 5.91 Å². The van der Waals surface area contributed by atoms with Crippen molar-refractivity contribution >= 4 is 45.0 Å². The monoisotopic (exact) mass is 534 g/mol. The van der Waals surface area contributed by atoms with Crippen molar-refractivity contribution < 1.29 is 22.7 Å². The van der Waals surface area contributed by atoms with Crippen LogP contribution < -0.4 is 19.1 Å². The fraction of sp³-hybridized carbons (Fsp3) is 0.240. The number of thioether (sulfide) groups is 1. The molecule has 3 aromatic carbocycles. The van der Waals surface area contributed by atoms with Gasteiger partial charge in [0.15, 0.2) is 0 Å². The van der Waals surface area contributed by atoms with E-state index in [-0.39, 0.29) is 10.6 Å². The summed E-state index contributed by atoms with van der Waals surface area (Å²) in [6.45, 7) is -0.0197. The molecule has 0 atom stereocenters. The van der Waals surface area contributed by atoms with Gasteiger partial charge in [0.05, 0.1) is 24.8 Å². The number of carbonyl (C=O) groups is 1. The van der Waals surface area contributed by atoms with Crippen LogP contribution in [0.25, 0.3) is 0 Å². The summed E-state index contributed by atoms with van der Waals surface area (Å²) in [6, 6.07) is 20.4. The Kier molecular flexibility index (Phi) is 9.71. The van der Waals surface area contributed by atoms with Crippen LogP contribution in [0.4, 0.5) is 5.69 Å². The average Bonchev–Trinajstić information content (AvgIpc) is 2.88. The van der Waals surface area contributed by atoms with Crippen molar-refractivity contribution in [3.63, 3.8) is 0 Å². The largest absolute Gasteiger partial charge is 0.497 e. The van der Waals surface area contributed by atoms with Crippen molar-refractivity contribution in [1.82, 2.24) is 5.32 Å². The lowest BCUT2D eigenvalue weighted by atomic mass is 10.2. The number of sulfonamides is 1. The van der Waals surface area contributed by atoms with E-state index in [1.54, 1.807) is 42.1 Å². The van der Waals surface area contributed by atoms with Crippen LogP contribution in [-0.4, -0.2) is 47.4 Å². The second-order valence-corrected chi connectivity index (χ2v) is 10.8. The van der Waals surface area contributed by atoms with E-state index in [0.717, 1.165) is 15.6 Å². The van der Waals surface area contributed by atoms with Crippen LogP contribution in [0, 0.1) is 0 Å². The normalized spacial score (nSPS) is 11.1. The predicted octanol–water partition coefficient (Wildman–Crippen LogP) is 4.60.